The molecule has 0 amide bonds. The van der Waals surface area contributed by atoms with Crippen molar-refractivity contribution < 1.29 is 17.4 Å². The van der Waals surface area contributed by atoms with Crippen LogP contribution in [0.2, 0.25) is 0 Å². The molecule has 0 saturated carbocycles. The molecule has 0 saturated heterocycles. The third kappa shape index (κ3) is 4.18. The van der Waals surface area contributed by atoms with E-state index in [0.717, 1.165) is 12.3 Å². The first-order valence-electron chi connectivity index (χ1n) is 4.42. The number of nitrogens with zero attached hydrogens (tertiary/aromatic N) is 1. The summed E-state index contributed by atoms with van der Waals surface area (Å²) < 4.78 is 54.7. The molecule has 1 atom stereocenters. The van der Waals surface area contributed by atoms with E-state index in [2.05, 4.69) is 4.98 Å². The van der Waals surface area contributed by atoms with Crippen molar-refractivity contribution in [1.82, 2.24) is 4.98 Å². The summed E-state index contributed by atoms with van der Waals surface area (Å²) in [4.78, 5) is 3.27. The number of hydrogen-bond acceptors (Lipinski definition) is 3. The highest BCUT2D eigenvalue weighted by molar-refractivity contribution is 7.91. The van der Waals surface area contributed by atoms with Gasteiger partial charge >= 0.3 is 6.18 Å². The van der Waals surface area contributed by atoms with Gasteiger partial charge in [0, 0.05) is 27.9 Å². The molecule has 7 heteroatoms. The van der Waals surface area contributed by atoms with Crippen molar-refractivity contribution in [2.24, 2.45) is 0 Å². The Hall–Kier alpha value is -1.11. The SMILES string of the molecule is CS(=N)(=O)CCc1ccc(C(F)(F)F)nc1. The summed E-state index contributed by atoms with van der Waals surface area (Å²) >= 11 is 0. The van der Waals surface area contributed by atoms with Gasteiger partial charge in [0.1, 0.15) is 5.69 Å². The molecule has 0 aromatic carbocycles. The lowest BCUT2D eigenvalue weighted by Crippen LogP contribution is -2.09. The van der Waals surface area contributed by atoms with Crippen molar-refractivity contribution >= 4 is 9.73 Å². The molecule has 0 radical (unpaired) electrons. The predicted octanol–water partition coefficient (Wildman–Crippen LogP) is 2.32. The summed E-state index contributed by atoms with van der Waals surface area (Å²) in [6, 6.07) is 2.18. The van der Waals surface area contributed by atoms with E-state index in [1.54, 1.807) is 0 Å². The van der Waals surface area contributed by atoms with Gasteiger partial charge in [0.05, 0.1) is 0 Å². The molecule has 1 heterocycles. The molecule has 0 aliphatic rings. The number of hydrogen-bond donors (Lipinski definition) is 1. The molecule has 1 rings (SSSR count). The van der Waals surface area contributed by atoms with Crippen molar-refractivity contribution in [2.45, 2.75) is 12.6 Å². The van der Waals surface area contributed by atoms with Crippen LogP contribution in [0.1, 0.15) is 11.3 Å². The molecule has 1 N–H and O–H groups in total. The number of nitrogens with one attached hydrogen (secondary N) is 1. The van der Waals surface area contributed by atoms with Gasteiger partial charge in [-0.2, -0.15) is 13.2 Å². The van der Waals surface area contributed by atoms with Gasteiger partial charge in [-0.25, -0.2) is 0 Å². The number of aromatic nitrogens is 1. The van der Waals surface area contributed by atoms with Crippen LogP contribution in [0, 0.1) is 4.78 Å². The van der Waals surface area contributed by atoms with Crippen LogP contribution in [0.25, 0.3) is 0 Å². The third-order valence-corrected chi connectivity index (χ3v) is 2.88. The molecule has 1 aromatic rings. The Morgan fingerprint density at radius 1 is 1.44 bits per heavy atom. The number of aryl methyl sites for hydroxylation is 1. The van der Waals surface area contributed by atoms with E-state index in [1.165, 1.54) is 12.3 Å². The molecule has 0 aliphatic heterocycles. The minimum atomic E-state index is -4.44. The Balaban J connectivity index is 2.73. The van der Waals surface area contributed by atoms with Crippen molar-refractivity contribution in [3.05, 3.63) is 29.6 Å². The maximum Gasteiger partial charge on any atom is 0.433 e. The van der Waals surface area contributed by atoms with E-state index >= 15 is 0 Å². The molecule has 1 unspecified atom stereocenters. The molecular weight excluding hydrogens is 241 g/mol. The minimum Gasteiger partial charge on any atom is -0.253 e. The second-order valence-electron chi connectivity index (χ2n) is 3.51. The van der Waals surface area contributed by atoms with Crippen LogP contribution < -0.4 is 0 Å². The van der Waals surface area contributed by atoms with E-state index in [-0.39, 0.29) is 5.75 Å². The van der Waals surface area contributed by atoms with Gasteiger partial charge in [-0.3, -0.25) is 14.0 Å². The molecule has 90 valence electrons. The normalized spacial score (nSPS) is 15.8. The maximum absolute atomic E-state index is 12.2. The summed E-state index contributed by atoms with van der Waals surface area (Å²) in [6.07, 6.45) is -1.74. The Labute approximate surface area is 91.7 Å². The molecule has 0 bridgehead atoms. The van der Waals surface area contributed by atoms with Crippen LogP contribution in [-0.4, -0.2) is 21.2 Å². The van der Waals surface area contributed by atoms with Crippen LogP contribution in [0.15, 0.2) is 18.3 Å². The first-order valence-corrected chi connectivity index (χ1v) is 6.55. The van der Waals surface area contributed by atoms with E-state index in [0.29, 0.717) is 12.0 Å². The van der Waals surface area contributed by atoms with E-state index in [1.807, 2.05) is 0 Å². The number of rotatable bonds is 3. The van der Waals surface area contributed by atoms with Crippen LogP contribution in [0.4, 0.5) is 13.2 Å². The highest BCUT2D eigenvalue weighted by atomic mass is 32.2. The van der Waals surface area contributed by atoms with Crippen molar-refractivity contribution in [2.75, 3.05) is 12.0 Å². The fourth-order valence-electron chi connectivity index (χ4n) is 1.05. The highest BCUT2D eigenvalue weighted by Crippen LogP contribution is 2.27. The Kier molecular flexibility index (Phi) is 3.57. The molecule has 0 spiro atoms. The van der Waals surface area contributed by atoms with Gasteiger partial charge in [-0.15, -0.1) is 0 Å². The standard InChI is InChI=1S/C9H11F3N2OS/c1-16(13,15)5-4-7-2-3-8(14-6-7)9(10,11)12/h2-3,6,13H,4-5H2,1H3. The highest BCUT2D eigenvalue weighted by Gasteiger charge is 2.31. The van der Waals surface area contributed by atoms with Crippen molar-refractivity contribution in [1.29, 1.82) is 4.78 Å². The van der Waals surface area contributed by atoms with Gasteiger partial charge in [-0.1, -0.05) is 6.07 Å². The fraction of sp³-hybridized carbons (Fsp3) is 0.444. The topological polar surface area (TPSA) is 53.8 Å². The van der Waals surface area contributed by atoms with E-state index in [9.17, 15) is 17.4 Å². The van der Waals surface area contributed by atoms with Gasteiger partial charge in [0.15, 0.2) is 0 Å². The van der Waals surface area contributed by atoms with Gasteiger partial charge in [0.25, 0.3) is 0 Å². The second kappa shape index (κ2) is 4.40. The van der Waals surface area contributed by atoms with Crippen molar-refractivity contribution in [3.8, 4) is 0 Å². The summed E-state index contributed by atoms with van der Waals surface area (Å²) in [6.45, 7) is 0. The summed E-state index contributed by atoms with van der Waals surface area (Å²) in [7, 11) is -2.61. The molecule has 0 fully saturated rings. The monoisotopic (exact) mass is 252 g/mol. The molecular formula is C9H11F3N2OS. The van der Waals surface area contributed by atoms with E-state index in [4.69, 9.17) is 4.78 Å². The first kappa shape index (κ1) is 13.0. The Morgan fingerprint density at radius 2 is 2.06 bits per heavy atom. The average Bonchev–Trinajstić information content (AvgIpc) is 2.13. The van der Waals surface area contributed by atoms with Gasteiger partial charge in [0.2, 0.25) is 0 Å². The predicted molar refractivity (Wildman–Crippen MR) is 54.6 cm³/mol. The van der Waals surface area contributed by atoms with Gasteiger partial charge in [-0.05, 0) is 18.1 Å². The minimum absolute atomic E-state index is 0.125. The second-order valence-corrected chi connectivity index (χ2v) is 5.93. The fourth-order valence-corrected chi connectivity index (χ4v) is 1.68. The van der Waals surface area contributed by atoms with Crippen LogP contribution in [0.5, 0.6) is 0 Å². The molecule has 16 heavy (non-hydrogen) atoms. The summed E-state index contributed by atoms with van der Waals surface area (Å²) in [5.41, 5.74) is -0.394. The largest absolute Gasteiger partial charge is 0.433 e. The third-order valence-electron chi connectivity index (χ3n) is 1.90. The number of pyridine rings is 1. The van der Waals surface area contributed by atoms with E-state index < -0.39 is 21.6 Å². The van der Waals surface area contributed by atoms with Gasteiger partial charge < -0.3 is 0 Å². The molecule has 0 aliphatic carbocycles. The average molecular weight is 252 g/mol. The van der Waals surface area contributed by atoms with Crippen molar-refractivity contribution in [3.63, 3.8) is 0 Å². The Bertz CT molecular complexity index is 451. The van der Waals surface area contributed by atoms with Crippen LogP contribution in [-0.2, 0) is 22.3 Å². The zero-order valence-corrected chi connectivity index (χ0v) is 9.36. The molecule has 1 aromatic heterocycles. The summed E-state index contributed by atoms with van der Waals surface area (Å²) in [5.74, 6) is 0.125. The smallest absolute Gasteiger partial charge is 0.253 e. The quantitative estimate of drug-likeness (QED) is 0.897. The number of alkyl halides is 3. The van der Waals surface area contributed by atoms with Crippen LogP contribution in [0.3, 0.4) is 0 Å². The first-order chi connectivity index (χ1) is 7.18. The number of halogens is 3. The Morgan fingerprint density at radius 3 is 2.44 bits per heavy atom. The maximum atomic E-state index is 12.2. The molecule has 3 nitrogen and oxygen atoms in total. The lowest BCUT2D eigenvalue weighted by molar-refractivity contribution is -0.141. The summed E-state index contributed by atoms with van der Waals surface area (Å²) in [5, 5.41) is 0. The zero-order chi connectivity index (χ0) is 12.4. The zero-order valence-electron chi connectivity index (χ0n) is 8.54. The lowest BCUT2D eigenvalue weighted by Gasteiger charge is -2.06. The van der Waals surface area contributed by atoms with Crippen LogP contribution >= 0.6 is 0 Å². The lowest BCUT2D eigenvalue weighted by atomic mass is 10.2.